The highest BCUT2D eigenvalue weighted by Gasteiger charge is 2.18. The van der Waals surface area contributed by atoms with Gasteiger partial charge in [0.1, 0.15) is 0 Å². The van der Waals surface area contributed by atoms with E-state index in [9.17, 15) is 15.0 Å². The predicted octanol–water partition coefficient (Wildman–Crippen LogP) is 17.5. The average molecular weight is 840 g/mol. The van der Waals surface area contributed by atoms with Gasteiger partial charge >= 0.3 is 0 Å². The van der Waals surface area contributed by atoms with Crippen LogP contribution >= 0.6 is 0 Å². The molecule has 0 aromatic rings. The van der Waals surface area contributed by atoms with Gasteiger partial charge in [-0.15, -0.1) is 0 Å². The minimum Gasteiger partial charge on any atom is -0.394 e. The highest BCUT2D eigenvalue weighted by molar-refractivity contribution is 5.76. The van der Waals surface area contributed by atoms with E-state index in [4.69, 9.17) is 0 Å². The number of rotatable bonds is 49. The molecule has 0 aromatic carbocycles. The van der Waals surface area contributed by atoms with Gasteiger partial charge in [0.05, 0.1) is 18.8 Å². The summed E-state index contributed by atoms with van der Waals surface area (Å²) in [6.45, 7) is 4.32. The van der Waals surface area contributed by atoms with Gasteiger partial charge in [0.25, 0.3) is 0 Å². The Kier molecular flexibility index (Phi) is 50.3. The smallest absolute Gasteiger partial charge is 0.220 e. The molecule has 0 rings (SSSR count). The average Bonchev–Trinajstić information content (AvgIpc) is 3.25. The number of aliphatic hydroxyl groups is 2. The summed E-state index contributed by atoms with van der Waals surface area (Å²) in [4.78, 5) is 12.5. The zero-order valence-electron chi connectivity index (χ0n) is 40.5. The van der Waals surface area contributed by atoms with Crippen LogP contribution in [0.2, 0.25) is 0 Å². The van der Waals surface area contributed by atoms with Gasteiger partial charge in [-0.1, -0.05) is 268 Å². The Balaban J connectivity index is 3.51. The summed E-state index contributed by atoms with van der Waals surface area (Å²) in [6, 6.07) is -0.623. The second-order valence-electron chi connectivity index (χ2n) is 18.3. The minimum absolute atomic E-state index is 0.0626. The number of hydrogen-bond donors (Lipinski definition) is 3. The third-order valence-corrected chi connectivity index (χ3v) is 12.3. The molecule has 3 N–H and O–H groups in total. The number of amides is 1. The summed E-state index contributed by atoms with van der Waals surface area (Å²) in [5.41, 5.74) is 0. The summed E-state index contributed by atoms with van der Waals surface area (Å²) < 4.78 is 0. The lowest BCUT2D eigenvalue weighted by atomic mass is 10.0. The number of carbonyl (C=O) groups excluding carboxylic acids is 1. The van der Waals surface area contributed by atoms with Crippen LogP contribution in [0.1, 0.15) is 284 Å². The number of hydrogen-bond acceptors (Lipinski definition) is 3. The molecule has 4 nitrogen and oxygen atoms in total. The summed E-state index contributed by atoms with van der Waals surface area (Å²) in [6.07, 6.45) is 71.1. The molecule has 0 aliphatic carbocycles. The quantitative estimate of drug-likeness (QED) is 0.0422. The summed E-state index contributed by atoms with van der Waals surface area (Å²) in [5.74, 6) is -0.0626. The van der Waals surface area contributed by atoms with E-state index in [1.165, 1.54) is 225 Å². The maximum Gasteiger partial charge on any atom is 0.220 e. The molecule has 0 saturated carbocycles. The molecule has 2 unspecified atom stereocenters. The van der Waals surface area contributed by atoms with Crippen molar-refractivity contribution in [3.8, 4) is 0 Å². The van der Waals surface area contributed by atoms with Gasteiger partial charge in [-0.25, -0.2) is 0 Å². The monoisotopic (exact) mass is 840 g/mol. The van der Waals surface area contributed by atoms with E-state index in [0.29, 0.717) is 6.42 Å². The lowest BCUT2D eigenvalue weighted by molar-refractivity contribution is -0.123. The van der Waals surface area contributed by atoms with Gasteiger partial charge in [-0.05, 0) is 57.8 Å². The highest BCUT2D eigenvalue weighted by Crippen LogP contribution is 2.16. The van der Waals surface area contributed by atoms with Crippen LogP contribution in [0.15, 0.2) is 48.6 Å². The fraction of sp³-hybridized carbons (Fsp3) is 0.839. The third kappa shape index (κ3) is 47.4. The number of nitrogens with one attached hydrogen (secondary N) is 1. The predicted molar refractivity (Wildman–Crippen MR) is 267 cm³/mol. The van der Waals surface area contributed by atoms with Crippen LogP contribution in [0.5, 0.6) is 0 Å². The number of carbonyl (C=O) groups is 1. The molecule has 0 radical (unpaired) electrons. The van der Waals surface area contributed by atoms with Crippen molar-refractivity contribution in [2.45, 2.75) is 296 Å². The summed E-state index contributed by atoms with van der Waals surface area (Å²) in [7, 11) is 0. The molecule has 0 bridgehead atoms. The van der Waals surface area contributed by atoms with Crippen LogP contribution in [0.3, 0.4) is 0 Å². The van der Waals surface area contributed by atoms with Gasteiger partial charge in [0.15, 0.2) is 0 Å². The van der Waals surface area contributed by atoms with E-state index < -0.39 is 12.1 Å². The third-order valence-electron chi connectivity index (χ3n) is 12.3. The van der Waals surface area contributed by atoms with Crippen LogP contribution < -0.4 is 5.32 Å². The Morgan fingerprint density at radius 2 is 0.683 bits per heavy atom. The molecule has 0 aromatic heterocycles. The summed E-state index contributed by atoms with van der Waals surface area (Å²) in [5, 5.41) is 23.1. The fourth-order valence-corrected chi connectivity index (χ4v) is 8.19. The van der Waals surface area contributed by atoms with Crippen molar-refractivity contribution in [2.75, 3.05) is 6.61 Å². The second kappa shape index (κ2) is 51.7. The highest BCUT2D eigenvalue weighted by atomic mass is 16.3. The Morgan fingerprint density at radius 1 is 0.400 bits per heavy atom. The molecule has 1 amide bonds. The van der Waals surface area contributed by atoms with Crippen LogP contribution in [0.4, 0.5) is 0 Å². The van der Waals surface area contributed by atoms with Crippen LogP contribution in [-0.2, 0) is 4.79 Å². The van der Waals surface area contributed by atoms with Gasteiger partial charge in [0, 0.05) is 6.42 Å². The van der Waals surface area contributed by atoms with Crippen molar-refractivity contribution in [3.63, 3.8) is 0 Å². The number of unbranched alkanes of at least 4 members (excludes halogenated alkanes) is 36. The van der Waals surface area contributed by atoms with E-state index in [1.54, 1.807) is 6.08 Å². The molecule has 2 atom stereocenters. The largest absolute Gasteiger partial charge is 0.394 e. The molecule has 0 aliphatic heterocycles. The molecular weight excluding hydrogens is 735 g/mol. The molecular formula is C56H105NO3. The fourth-order valence-electron chi connectivity index (χ4n) is 8.19. The van der Waals surface area contributed by atoms with Crippen molar-refractivity contribution in [2.24, 2.45) is 0 Å². The maximum absolute atomic E-state index is 12.5. The lowest BCUT2D eigenvalue weighted by Gasteiger charge is -2.20. The van der Waals surface area contributed by atoms with Gasteiger partial charge < -0.3 is 15.5 Å². The zero-order valence-corrected chi connectivity index (χ0v) is 40.5. The molecule has 4 heteroatoms. The van der Waals surface area contributed by atoms with Crippen molar-refractivity contribution < 1.29 is 15.0 Å². The van der Waals surface area contributed by atoms with Crippen LogP contribution in [-0.4, -0.2) is 34.9 Å². The van der Waals surface area contributed by atoms with Crippen molar-refractivity contribution in [3.05, 3.63) is 48.6 Å². The second-order valence-corrected chi connectivity index (χ2v) is 18.3. The first-order valence-corrected chi connectivity index (χ1v) is 26.9. The normalized spacial score (nSPS) is 13.2. The SMILES string of the molecule is CCCCCCC/C=C\C/C=C\C/C=C\CCCCCCCCCCCCCCCCC(=O)NC(CO)C(O)/C=C/CCCCCCCCCCCCCCCCCCC. The summed E-state index contributed by atoms with van der Waals surface area (Å²) >= 11 is 0. The molecule has 0 spiro atoms. The molecule has 352 valence electrons. The Labute approximate surface area is 375 Å². The Hall–Kier alpha value is -1.65. The Bertz CT molecular complexity index is 954. The first-order chi connectivity index (χ1) is 29.7. The van der Waals surface area contributed by atoms with Gasteiger partial charge in [-0.3, -0.25) is 4.79 Å². The number of allylic oxidation sites excluding steroid dienone is 7. The standard InChI is InChI=1S/C56H105NO3/c1-3-5-7-9-11-13-15-17-19-21-23-24-25-26-27-28-29-30-31-32-34-36-38-40-42-44-46-48-50-52-56(60)57-54(53-58)55(59)51-49-47-45-43-41-39-37-35-33-22-20-18-16-14-12-10-8-6-4-2/h15,17,21,23,25-26,49,51,54-55,58-59H,3-14,16,18-20,22,24,27-48,50,52-53H2,1-2H3,(H,57,60)/b17-15-,23-21-,26-25-,51-49+. The van der Waals surface area contributed by atoms with E-state index in [2.05, 4.69) is 55.6 Å². The van der Waals surface area contributed by atoms with E-state index in [1.807, 2.05) is 6.08 Å². The topological polar surface area (TPSA) is 69.6 Å². The van der Waals surface area contributed by atoms with Crippen molar-refractivity contribution in [1.82, 2.24) is 5.32 Å². The van der Waals surface area contributed by atoms with Crippen LogP contribution in [0, 0.1) is 0 Å². The molecule has 0 heterocycles. The molecule has 60 heavy (non-hydrogen) atoms. The van der Waals surface area contributed by atoms with Crippen molar-refractivity contribution >= 4 is 5.91 Å². The first-order valence-electron chi connectivity index (χ1n) is 26.9. The number of aliphatic hydroxyl groups excluding tert-OH is 2. The lowest BCUT2D eigenvalue weighted by Crippen LogP contribution is -2.45. The first kappa shape index (κ1) is 58.4. The molecule has 0 aliphatic rings. The van der Waals surface area contributed by atoms with E-state index in [-0.39, 0.29) is 12.5 Å². The van der Waals surface area contributed by atoms with Crippen molar-refractivity contribution in [1.29, 1.82) is 0 Å². The van der Waals surface area contributed by atoms with Gasteiger partial charge in [0.2, 0.25) is 5.91 Å². The van der Waals surface area contributed by atoms with Crippen LogP contribution in [0.25, 0.3) is 0 Å². The maximum atomic E-state index is 12.5. The van der Waals surface area contributed by atoms with E-state index >= 15 is 0 Å². The van der Waals surface area contributed by atoms with E-state index in [0.717, 1.165) is 38.5 Å². The minimum atomic E-state index is -0.840. The van der Waals surface area contributed by atoms with Gasteiger partial charge in [-0.2, -0.15) is 0 Å². The zero-order chi connectivity index (χ0) is 43.5. The molecule has 0 fully saturated rings. The molecule has 0 saturated heterocycles. The Morgan fingerprint density at radius 3 is 1.02 bits per heavy atom.